The molecule has 0 radical (unpaired) electrons. The second kappa shape index (κ2) is 6.72. The first-order valence-corrected chi connectivity index (χ1v) is 7.96. The number of hydrogen-bond donors (Lipinski definition) is 2. The van der Waals surface area contributed by atoms with Crippen LogP contribution in [-0.4, -0.2) is 25.7 Å². The van der Waals surface area contributed by atoms with E-state index in [1.165, 1.54) is 12.2 Å². The summed E-state index contributed by atoms with van der Waals surface area (Å²) in [7, 11) is 0. The van der Waals surface area contributed by atoms with Crippen LogP contribution in [0.15, 0.2) is 41.5 Å². The van der Waals surface area contributed by atoms with Gasteiger partial charge >= 0.3 is 0 Å². The average molecular weight is 337 g/mol. The molecule has 0 bridgehead atoms. The van der Waals surface area contributed by atoms with Crippen molar-refractivity contribution in [1.29, 1.82) is 0 Å². The second-order valence-electron chi connectivity index (χ2n) is 6.08. The van der Waals surface area contributed by atoms with E-state index >= 15 is 0 Å². The van der Waals surface area contributed by atoms with Gasteiger partial charge < -0.3 is 10.3 Å². The van der Waals surface area contributed by atoms with Crippen molar-refractivity contribution in [3.05, 3.63) is 58.1 Å². The van der Waals surface area contributed by atoms with Gasteiger partial charge in [0.05, 0.1) is 6.20 Å². The Balaban J connectivity index is 1.81. The first-order chi connectivity index (χ1) is 11.9. The van der Waals surface area contributed by atoms with Gasteiger partial charge in [0.2, 0.25) is 5.91 Å². The molecule has 0 fully saturated rings. The highest BCUT2D eigenvalue weighted by Gasteiger charge is 2.09. The number of carbonyl (C=O) groups excluding carboxylic acids is 1. The van der Waals surface area contributed by atoms with Crippen LogP contribution in [0.25, 0.3) is 17.1 Å². The van der Waals surface area contributed by atoms with Crippen molar-refractivity contribution in [2.45, 2.75) is 26.8 Å². The summed E-state index contributed by atoms with van der Waals surface area (Å²) in [5.41, 5.74) is 1.80. The number of aromatic nitrogens is 4. The van der Waals surface area contributed by atoms with Crippen molar-refractivity contribution in [2.24, 2.45) is 0 Å². The fraction of sp³-hybridized carbons (Fsp3) is 0.222. The van der Waals surface area contributed by atoms with Gasteiger partial charge in [-0.3, -0.25) is 9.59 Å². The fourth-order valence-electron chi connectivity index (χ4n) is 2.41. The summed E-state index contributed by atoms with van der Waals surface area (Å²) in [6.45, 7) is 5.90. The lowest BCUT2D eigenvalue weighted by Crippen LogP contribution is -2.13. The summed E-state index contributed by atoms with van der Waals surface area (Å²) >= 11 is 0. The quantitative estimate of drug-likeness (QED) is 0.716. The van der Waals surface area contributed by atoms with Crippen molar-refractivity contribution >= 4 is 28.8 Å². The molecule has 0 saturated carbocycles. The van der Waals surface area contributed by atoms with E-state index in [0.717, 1.165) is 10.9 Å². The molecule has 0 aliphatic carbocycles. The van der Waals surface area contributed by atoms with Gasteiger partial charge in [-0.05, 0) is 44.5 Å². The molecule has 7 heteroatoms. The van der Waals surface area contributed by atoms with Gasteiger partial charge in [0.1, 0.15) is 11.5 Å². The maximum atomic E-state index is 12.2. The third-order valence-electron chi connectivity index (χ3n) is 3.69. The minimum absolute atomic E-state index is 0.141. The summed E-state index contributed by atoms with van der Waals surface area (Å²) < 4.78 is 1.75. The second-order valence-corrected chi connectivity index (χ2v) is 6.08. The highest BCUT2D eigenvalue weighted by atomic mass is 16.1. The first-order valence-electron chi connectivity index (χ1n) is 7.96. The molecule has 7 nitrogen and oxygen atoms in total. The number of carbonyl (C=O) groups is 1. The maximum Gasteiger partial charge on any atom is 0.256 e. The van der Waals surface area contributed by atoms with Gasteiger partial charge in [0, 0.05) is 29.3 Å². The Labute approximate surface area is 144 Å². The lowest BCUT2D eigenvalue weighted by atomic mass is 10.2. The molecule has 0 atom stereocenters. The smallest absolute Gasteiger partial charge is 0.256 e. The standard InChI is InChI=1S/C18H19N5O2/c1-11(2)23-17-14(10-20-23)8-13(18(25)22-17)5-7-16(24)21-15-6-4-12(3)9-19-15/h4-11H,1-3H3,(H,22,25)(H,19,21,24)/b7-5+. The van der Waals surface area contributed by atoms with Crippen LogP contribution in [0.1, 0.15) is 31.0 Å². The summed E-state index contributed by atoms with van der Waals surface area (Å²) in [6, 6.07) is 5.44. The van der Waals surface area contributed by atoms with Crippen molar-refractivity contribution in [1.82, 2.24) is 19.7 Å². The van der Waals surface area contributed by atoms with Crippen LogP contribution in [0.5, 0.6) is 0 Å². The minimum atomic E-state index is -0.353. The number of fused-ring (bicyclic) bond motifs is 1. The Kier molecular flexibility index (Phi) is 4.47. The molecular weight excluding hydrogens is 318 g/mol. The molecule has 0 aliphatic heterocycles. The van der Waals surface area contributed by atoms with E-state index < -0.39 is 0 Å². The lowest BCUT2D eigenvalue weighted by Gasteiger charge is -2.06. The monoisotopic (exact) mass is 337 g/mol. The lowest BCUT2D eigenvalue weighted by molar-refractivity contribution is -0.111. The van der Waals surface area contributed by atoms with Crippen molar-refractivity contribution < 1.29 is 4.79 Å². The zero-order valence-electron chi connectivity index (χ0n) is 14.3. The molecule has 0 unspecified atom stereocenters. The summed E-state index contributed by atoms with van der Waals surface area (Å²) in [5.74, 6) is 0.108. The normalized spacial score (nSPS) is 11.5. The topological polar surface area (TPSA) is 92.7 Å². The van der Waals surface area contributed by atoms with Crippen molar-refractivity contribution in [3.8, 4) is 0 Å². The van der Waals surface area contributed by atoms with Gasteiger partial charge in [0.15, 0.2) is 0 Å². The van der Waals surface area contributed by atoms with Gasteiger partial charge in [-0.25, -0.2) is 9.67 Å². The number of nitrogens with one attached hydrogen (secondary N) is 2. The molecule has 0 aromatic carbocycles. The van der Waals surface area contributed by atoms with Crippen LogP contribution in [0.3, 0.4) is 0 Å². The maximum absolute atomic E-state index is 12.2. The minimum Gasteiger partial charge on any atom is -0.307 e. The predicted molar refractivity (Wildman–Crippen MR) is 97.4 cm³/mol. The molecule has 0 spiro atoms. The Morgan fingerprint density at radius 2 is 2.12 bits per heavy atom. The molecule has 128 valence electrons. The number of nitrogens with zero attached hydrogens (tertiary/aromatic N) is 3. The van der Waals surface area contributed by atoms with E-state index in [1.807, 2.05) is 26.8 Å². The van der Waals surface area contributed by atoms with E-state index in [2.05, 4.69) is 20.4 Å². The Hall–Kier alpha value is -3.22. The fourth-order valence-corrected chi connectivity index (χ4v) is 2.41. The summed E-state index contributed by atoms with van der Waals surface area (Å²) in [4.78, 5) is 31.1. The molecule has 1 amide bonds. The van der Waals surface area contributed by atoms with Crippen molar-refractivity contribution in [2.75, 3.05) is 5.32 Å². The number of amides is 1. The van der Waals surface area contributed by atoms with E-state index in [4.69, 9.17) is 0 Å². The van der Waals surface area contributed by atoms with Crippen LogP contribution in [-0.2, 0) is 4.79 Å². The van der Waals surface area contributed by atoms with E-state index in [0.29, 0.717) is 17.0 Å². The average Bonchev–Trinajstić information content (AvgIpc) is 2.97. The number of anilines is 1. The summed E-state index contributed by atoms with van der Waals surface area (Å²) in [6.07, 6.45) is 6.16. The largest absolute Gasteiger partial charge is 0.307 e. The molecular formula is C18H19N5O2. The van der Waals surface area contributed by atoms with Crippen LogP contribution in [0, 0.1) is 6.92 Å². The van der Waals surface area contributed by atoms with Crippen LogP contribution >= 0.6 is 0 Å². The predicted octanol–water partition coefficient (Wildman–Crippen LogP) is 2.66. The van der Waals surface area contributed by atoms with E-state index in [1.54, 1.807) is 29.2 Å². The summed E-state index contributed by atoms with van der Waals surface area (Å²) in [5, 5.41) is 7.73. The van der Waals surface area contributed by atoms with Gasteiger partial charge in [0.25, 0.3) is 5.56 Å². The Bertz CT molecular complexity index is 996. The number of hydrogen-bond acceptors (Lipinski definition) is 4. The first kappa shape index (κ1) is 16.6. The number of aromatic amines is 1. The molecule has 3 aromatic rings. The van der Waals surface area contributed by atoms with Gasteiger partial charge in [-0.2, -0.15) is 5.10 Å². The molecule has 2 N–H and O–H groups in total. The molecule has 3 heterocycles. The molecule has 3 rings (SSSR count). The van der Waals surface area contributed by atoms with Crippen LogP contribution in [0.4, 0.5) is 5.82 Å². The molecule has 0 aliphatic rings. The van der Waals surface area contributed by atoms with Crippen LogP contribution < -0.4 is 10.9 Å². The molecule has 25 heavy (non-hydrogen) atoms. The van der Waals surface area contributed by atoms with Crippen molar-refractivity contribution in [3.63, 3.8) is 0 Å². The van der Waals surface area contributed by atoms with Crippen LogP contribution in [0.2, 0.25) is 0 Å². The number of pyridine rings is 2. The Morgan fingerprint density at radius 1 is 1.32 bits per heavy atom. The SMILES string of the molecule is Cc1ccc(NC(=O)/C=C/c2cc3cnn(C(C)C)c3[nH]c2=O)nc1. The highest BCUT2D eigenvalue weighted by molar-refractivity contribution is 6.01. The zero-order chi connectivity index (χ0) is 18.0. The number of aryl methyl sites for hydroxylation is 1. The van der Waals surface area contributed by atoms with E-state index in [9.17, 15) is 9.59 Å². The Morgan fingerprint density at radius 3 is 2.80 bits per heavy atom. The molecule has 3 aromatic heterocycles. The zero-order valence-corrected chi connectivity index (χ0v) is 14.3. The molecule has 0 saturated heterocycles. The third kappa shape index (κ3) is 3.65. The number of H-pyrrole nitrogens is 1. The van der Waals surface area contributed by atoms with Gasteiger partial charge in [-0.15, -0.1) is 0 Å². The highest BCUT2D eigenvalue weighted by Crippen LogP contribution is 2.15. The van der Waals surface area contributed by atoms with Gasteiger partial charge in [-0.1, -0.05) is 6.07 Å². The van der Waals surface area contributed by atoms with E-state index in [-0.39, 0.29) is 17.5 Å². The third-order valence-corrected chi connectivity index (χ3v) is 3.69. The number of rotatable bonds is 4.